The summed E-state index contributed by atoms with van der Waals surface area (Å²) in [4.78, 5) is 16.6. The zero-order valence-electron chi connectivity index (χ0n) is 14.2. The predicted octanol–water partition coefficient (Wildman–Crippen LogP) is 2.91. The van der Waals surface area contributed by atoms with E-state index in [1.54, 1.807) is 37.6 Å². The second-order valence-electron chi connectivity index (χ2n) is 5.69. The third-order valence-electron chi connectivity index (χ3n) is 3.98. The number of aromatic nitrogens is 2. The number of amides is 1. The van der Waals surface area contributed by atoms with Gasteiger partial charge in [-0.25, -0.2) is 4.98 Å². The van der Waals surface area contributed by atoms with Gasteiger partial charge in [-0.1, -0.05) is 30.3 Å². The average Bonchev–Trinajstić information content (AvgIpc) is 3.09. The zero-order valence-corrected chi connectivity index (χ0v) is 14.2. The largest absolute Gasteiger partial charge is 0.497 e. The summed E-state index contributed by atoms with van der Waals surface area (Å²) in [7, 11) is 1.60. The van der Waals surface area contributed by atoms with Gasteiger partial charge in [-0.3, -0.25) is 4.79 Å². The molecule has 0 spiro atoms. The molecule has 0 radical (unpaired) electrons. The second kappa shape index (κ2) is 8.15. The van der Waals surface area contributed by atoms with Gasteiger partial charge in [0.2, 0.25) is 0 Å². The van der Waals surface area contributed by atoms with Crippen LogP contribution < -0.4 is 10.1 Å². The standard InChI is InChI=1S/C20H21N3O2/c1-25-18-9-7-17(8-10-18)20(24)22-12-11-19-21-13-14-23(19)15-16-5-3-2-4-6-16/h2-10,13-14H,11-12,15H2,1H3,(H,22,24). The van der Waals surface area contributed by atoms with Crippen LogP contribution in [0.2, 0.25) is 0 Å². The van der Waals surface area contributed by atoms with E-state index >= 15 is 0 Å². The molecule has 1 aromatic heterocycles. The summed E-state index contributed by atoms with van der Waals surface area (Å²) in [6, 6.07) is 17.3. The van der Waals surface area contributed by atoms with Crippen LogP contribution in [0.25, 0.3) is 0 Å². The molecule has 0 saturated carbocycles. The molecule has 0 aliphatic carbocycles. The molecule has 0 aliphatic rings. The number of nitrogens with zero attached hydrogens (tertiary/aromatic N) is 2. The van der Waals surface area contributed by atoms with Crippen molar-refractivity contribution >= 4 is 5.91 Å². The molecule has 0 bridgehead atoms. The molecule has 0 atom stereocenters. The lowest BCUT2D eigenvalue weighted by Crippen LogP contribution is -2.26. The lowest BCUT2D eigenvalue weighted by molar-refractivity contribution is 0.0954. The van der Waals surface area contributed by atoms with Crippen molar-refractivity contribution in [2.75, 3.05) is 13.7 Å². The van der Waals surface area contributed by atoms with E-state index in [2.05, 4.69) is 27.0 Å². The molecule has 5 heteroatoms. The summed E-state index contributed by atoms with van der Waals surface area (Å²) in [6.45, 7) is 1.32. The smallest absolute Gasteiger partial charge is 0.251 e. The third kappa shape index (κ3) is 4.47. The number of imidazole rings is 1. The molecule has 3 rings (SSSR count). The first-order chi connectivity index (χ1) is 12.3. The van der Waals surface area contributed by atoms with Crippen LogP contribution in [0.3, 0.4) is 0 Å². The SMILES string of the molecule is COc1ccc(C(=O)NCCc2nccn2Cc2ccccc2)cc1. The van der Waals surface area contributed by atoms with Crippen LogP contribution in [0.4, 0.5) is 0 Å². The van der Waals surface area contributed by atoms with E-state index in [1.165, 1.54) is 5.56 Å². The zero-order chi connectivity index (χ0) is 17.5. The van der Waals surface area contributed by atoms with Gasteiger partial charge in [0, 0.05) is 37.5 Å². The second-order valence-corrected chi connectivity index (χ2v) is 5.69. The maximum Gasteiger partial charge on any atom is 0.251 e. The van der Waals surface area contributed by atoms with Crippen LogP contribution in [-0.2, 0) is 13.0 Å². The van der Waals surface area contributed by atoms with Crippen molar-refractivity contribution in [2.45, 2.75) is 13.0 Å². The Morgan fingerprint density at radius 3 is 2.60 bits per heavy atom. The topological polar surface area (TPSA) is 56.1 Å². The summed E-state index contributed by atoms with van der Waals surface area (Å²) < 4.78 is 7.20. The van der Waals surface area contributed by atoms with Crippen molar-refractivity contribution in [3.05, 3.63) is 83.9 Å². The van der Waals surface area contributed by atoms with Gasteiger partial charge in [-0.05, 0) is 29.8 Å². The minimum atomic E-state index is -0.0937. The number of rotatable bonds is 7. The number of ether oxygens (including phenoxy) is 1. The van der Waals surface area contributed by atoms with E-state index in [1.807, 2.05) is 24.4 Å². The molecule has 1 heterocycles. The molecule has 0 saturated heterocycles. The Labute approximate surface area is 147 Å². The van der Waals surface area contributed by atoms with Gasteiger partial charge in [0.1, 0.15) is 11.6 Å². The normalized spacial score (nSPS) is 10.4. The van der Waals surface area contributed by atoms with E-state index in [4.69, 9.17) is 4.74 Å². The van der Waals surface area contributed by atoms with Crippen LogP contribution in [0.1, 0.15) is 21.7 Å². The molecule has 1 amide bonds. The molecule has 3 aromatic rings. The van der Waals surface area contributed by atoms with Crippen molar-refractivity contribution in [3.8, 4) is 5.75 Å². The summed E-state index contributed by atoms with van der Waals surface area (Å²) in [6.07, 6.45) is 4.44. The molecule has 0 aliphatic heterocycles. The number of benzene rings is 2. The van der Waals surface area contributed by atoms with E-state index in [0.29, 0.717) is 18.5 Å². The Morgan fingerprint density at radius 2 is 1.88 bits per heavy atom. The minimum Gasteiger partial charge on any atom is -0.497 e. The molecule has 128 valence electrons. The van der Waals surface area contributed by atoms with Crippen molar-refractivity contribution in [1.82, 2.24) is 14.9 Å². The van der Waals surface area contributed by atoms with Crippen molar-refractivity contribution < 1.29 is 9.53 Å². The fraction of sp³-hybridized carbons (Fsp3) is 0.200. The van der Waals surface area contributed by atoms with E-state index in [-0.39, 0.29) is 5.91 Å². The number of carbonyl (C=O) groups is 1. The van der Waals surface area contributed by atoms with Crippen molar-refractivity contribution in [1.29, 1.82) is 0 Å². The summed E-state index contributed by atoms with van der Waals surface area (Å²) >= 11 is 0. The van der Waals surface area contributed by atoms with E-state index in [9.17, 15) is 4.79 Å². The molecule has 2 aromatic carbocycles. The summed E-state index contributed by atoms with van der Waals surface area (Å²) in [5, 5.41) is 2.93. The highest BCUT2D eigenvalue weighted by molar-refractivity contribution is 5.94. The highest BCUT2D eigenvalue weighted by atomic mass is 16.5. The average molecular weight is 335 g/mol. The first kappa shape index (κ1) is 16.8. The van der Waals surface area contributed by atoms with Crippen LogP contribution in [-0.4, -0.2) is 29.1 Å². The maximum atomic E-state index is 12.2. The van der Waals surface area contributed by atoms with Gasteiger partial charge in [0.05, 0.1) is 7.11 Å². The van der Waals surface area contributed by atoms with E-state index in [0.717, 1.165) is 18.1 Å². The van der Waals surface area contributed by atoms with Crippen LogP contribution in [0.5, 0.6) is 5.75 Å². The lowest BCUT2D eigenvalue weighted by Gasteiger charge is -2.09. The Hall–Kier alpha value is -3.08. The Balaban J connectivity index is 1.54. The van der Waals surface area contributed by atoms with Crippen molar-refractivity contribution in [2.24, 2.45) is 0 Å². The first-order valence-electron chi connectivity index (χ1n) is 8.22. The number of methoxy groups -OCH3 is 1. The van der Waals surface area contributed by atoms with E-state index < -0.39 is 0 Å². The summed E-state index contributed by atoms with van der Waals surface area (Å²) in [5.74, 6) is 1.60. The molecular weight excluding hydrogens is 314 g/mol. The third-order valence-corrected chi connectivity index (χ3v) is 3.98. The molecular formula is C20H21N3O2. The highest BCUT2D eigenvalue weighted by Crippen LogP contribution is 2.11. The Bertz CT molecular complexity index is 810. The minimum absolute atomic E-state index is 0.0937. The number of carbonyl (C=O) groups excluding carboxylic acids is 1. The summed E-state index contributed by atoms with van der Waals surface area (Å²) in [5.41, 5.74) is 1.84. The Kier molecular flexibility index (Phi) is 5.46. The molecule has 5 nitrogen and oxygen atoms in total. The fourth-order valence-corrected chi connectivity index (χ4v) is 2.62. The van der Waals surface area contributed by atoms with Crippen molar-refractivity contribution in [3.63, 3.8) is 0 Å². The van der Waals surface area contributed by atoms with Gasteiger partial charge in [-0.15, -0.1) is 0 Å². The monoisotopic (exact) mass is 335 g/mol. The number of hydrogen-bond donors (Lipinski definition) is 1. The first-order valence-corrected chi connectivity index (χ1v) is 8.22. The maximum absolute atomic E-state index is 12.2. The fourth-order valence-electron chi connectivity index (χ4n) is 2.62. The number of hydrogen-bond acceptors (Lipinski definition) is 3. The van der Waals surface area contributed by atoms with Gasteiger partial charge in [0.15, 0.2) is 0 Å². The molecule has 0 fully saturated rings. The molecule has 1 N–H and O–H groups in total. The quantitative estimate of drug-likeness (QED) is 0.722. The molecule has 25 heavy (non-hydrogen) atoms. The van der Waals surface area contributed by atoms with Gasteiger partial charge < -0.3 is 14.6 Å². The van der Waals surface area contributed by atoms with Crippen LogP contribution in [0, 0.1) is 0 Å². The van der Waals surface area contributed by atoms with Crippen LogP contribution in [0.15, 0.2) is 67.0 Å². The van der Waals surface area contributed by atoms with Crippen LogP contribution >= 0.6 is 0 Å². The van der Waals surface area contributed by atoms with Gasteiger partial charge in [-0.2, -0.15) is 0 Å². The molecule has 0 unspecified atom stereocenters. The predicted molar refractivity (Wildman–Crippen MR) is 96.8 cm³/mol. The highest BCUT2D eigenvalue weighted by Gasteiger charge is 2.07. The van der Waals surface area contributed by atoms with Gasteiger partial charge in [0.25, 0.3) is 5.91 Å². The Morgan fingerprint density at radius 1 is 1.12 bits per heavy atom. The van der Waals surface area contributed by atoms with Gasteiger partial charge >= 0.3 is 0 Å². The number of nitrogens with one attached hydrogen (secondary N) is 1. The lowest BCUT2D eigenvalue weighted by atomic mass is 10.2.